The summed E-state index contributed by atoms with van der Waals surface area (Å²) in [4.78, 5) is 0. The zero-order chi connectivity index (χ0) is 8.74. The SMILES string of the molecule is CC(C)(CN)CNCCCO. The number of hydrogen-bond donors (Lipinski definition) is 3. The smallest absolute Gasteiger partial charge is 0.0443 e. The second-order valence-electron chi connectivity index (χ2n) is 3.62. The molecule has 4 N–H and O–H groups in total. The topological polar surface area (TPSA) is 58.3 Å². The summed E-state index contributed by atoms with van der Waals surface area (Å²) in [5.74, 6) is 0. The van der Waals surface area contributed by atoms with Crippen LogP contribution in [-0.4, -0.2) is 31.3 Å². The van der Waals surface area contributed by atoms with Gasteiger partial charge >= 0.3 is 0 Å². The van der Waals surface area contributed by atoms with E-state index >= 15 is 0 Å². The van der Waals surface area contributed by atoms with Gasteiger partial charge in [0.1, 0.15) is 0 Å². The summed E-state index contributed by atoms with van der Waals surface area (Å²) in [6, 6.07) is 0. The van der Waals surface area contributed by atoms with E-state index in [0.717, 1.165) is 19.5 Å². The molecule has 0 radical (unpaired) electrons. The minimum atomic E-state index is 0.176. The lowest BCUT2D eigenvalue weighted by Crippen LogP contribution is -2.36. The molecule has 0 saturated carbocycles. The Morgan fingerprint density at radius 3 is 2.55 bits per heavy atom. The molecule has 3 heteroatoms. The number of hydrogen-bond acceptors (Lipinski definition) is 3. The molecule has 0 unspecified atom stereocenters. The maximum atomic E-state index is 8.49. The Balaban J connectivity index is 3.23. The Morgan fingerprint density at radius 1 is 1.45 bits per heavy atom. The Morgan fingerprint density at radius 2 is 2.09 bits per heavy atom. The normalized spacial score (nSPS) is 12.0. The van der Waals surface area contributed by atoms with Gasteiger partial charge < -0.3 is 16.2 Å². The van der Waals surface area contributed by atoms with Crippen LogP contribution in [-0.2, 0) is 0 Å². The molecule has 0 aromatic carbocycles. The molecule has 0 amide bonds. The highest BCUT2D eigenvalue weighted by molar-refractivity contribution is 4.71. The van der Waals surface area contributed by atoms with Crippen molar-refractivity contribution in [2.75, 3.05) is 26.2 Å². The first kappa shape index (κ1) is 10.9. The zero-order valence-corrected chi connectivity index (χ0v) is 7.56. The number of rotatable bonds is 6. The van der Waals surface area contributed by atoms with Crippen molar-refractivity contribution in [1.82, 2.24) is 5.32 Å². The predicted molar refractivity (Wildman–Crippen MR) is 47.4 cm³/mol. The first-order valence-electron chi connectivity index (χ1n) is 4.14. The molecule has 0 aromatic heterocycles. The third kappa shape index (κ3) is 6.28. The van der Waals surface area contributed by atoms with Crippen LogP contribution in [0.2, 0.25) is 0 Å². The fraction of sp³-hybridized carbons (Fsp3) is 1.00. The molecular weight excluding hydrogens is 140 g/mol. The molecule has 11 heavy (non-hydrogen) atoms. The van der Waals surface area contributed by atoms with Gasteiger partial charge in [-0.15, -0.1) is 0 Å². The minimum Gasteiger partial charge on any atom is -0.396 e. The van der Waals surface area contributed by atoms with Crippen LogP contribution in [0.5, 0.6) is 0 Å². The van der Waals surface area contributed by atoms with E-state index < -0.39 is 0 Å². The van der Waals surface area contributed by atoms with Crippen molar-refractivity contribution >= 4 is 0 Å². The van der Waals surface area contributed by atoms with Crippen molar-refractivity contribution in [3.05, 3.63) is 0 Å². The van der Waals surface area contributed by atoms with Gasteiger partial charge in [-0.1, -0.05) is 13.8 Å². The van der Waals surface area contributed by atoms with Crippen molar-refractivity contribution in [1.29, 1.82) is 0 Å². The fourth-order valence-corrected chi connectivity index (χ4v) is 0.703. The van der Waals surface area contributed by atoms with Crippen LogP contribution in [0.3, 0.4) is 0 Å². The summed E-state index contributed by atoms with van der Waals surface area (Å²) in [5, 5.41) is 11.7. The molecule has 0 heterocycles. The third-order valence-electron chi connectivity index (χ3n) is 1.67. The molecule has 68 valence electrons. The Hall–Kier alpha value is -0.120. The van der Waals surface area contributed by atoms with Crippen molar-refractivity contribution in [3.8, 4) is 0 Å². The standard InChI is InChI=1S/C8H20N2O/c1-8(2,6-9)7-10-4-3-5-11/h10-11H,3-7,9H2,1-2H3. The highest BCUT2D eigenvalue weighted by Crippen LogP contribution is 2.09. The highest BCUT2D eigenvalue weighted by atomic mass is 16.3. The van der Waals surface area contributed by atoms with Crippen molar-refractivity contribution in [3.63, 3.8) is 0 Å². The second-order valence-corrected chi connectivity index (χ2v) is 3.62. The Bertz CT molecular complexity index is 94.1. The van der Waals surface area contributed by atoms with E-state index in [-0.39, 0.29) is 12.0 Å². The summed E-state index contributed by atoms with van der Waals surface area (Å²) in [6.07, 6.45) is 0.820. The molecule has 0 atom stereocenters. The summed E-state index contributed by atoms with van der Waals surface area (Å²) in [7, 11) is 0. The fourth-order valence-electron chi connectivity index (χ4n) is 0.703. The molecule has 0 saturated heterocycles. The molecule has 0 aromatic rings. The van der Waals surface area contributed by atoms with E-state index in [0.29, 0.717) is 6.54 Å². The number of nitrogens with one attached hydrogen (secondary N) is 1. The summed E-state index contributed by atoms with van der Waals surface area (Å²) >= 11 is 0. The monoisotopic (exact) mass is 160 g/mol. The Kier molecular flexibility index (Phi) is 5.46. The van der Waals surface area contributed by atoms with Gasteiger partial charge in [-0.2, -0.15) is 0 Å². The van der Waals surface area contributed by atoms with Crippen molar-refractivity contribution in [2.45, 2.75) is 20.3 Å². The highest BCUT2D eigenvalue weighted by Gasteiger charge is 2.13. The van der Waals surface area contributed by atoms with Crippen LogP contribution in [0.25, 0.3) is 0 Å². The maximum absolute atomic E-state index is 8.49. The molecule has 0 bridgehead atoms. The molecule has 0 fully saturated rings. The minimum absolute atomic E-state index is 0.176. The van der Waals surface area contributed by atoms with E-state index in [1.165, 1.54) is 0 Å². The van der Waals surface area contributed by atoms with Crippen LogP contribution in [0, 0.1) is 5.41 Å². The van der Waals surface area contributed by atoms with E-state index in [4.69, 9.17) is 10.8 Å². The summed E-state index contributed by atoms with van der Waals surface area (Å²) in [6.45, 7) is 7.00. The van der Waals surface area contributed by atoms with E-state index in [9.17, 15) is 0 Å². The molecule has 0 rings (SSSR count). The lowest BCUT2D eigenvalue weighted by Gasteiger charge is -2.22. The molecular formula is C8H20N2O. The van der Waals surface area contributed by atoms with Gasteiger partial charge in [-0.25, -0.2) is 0 Å². The average Bonchev–Trinajstić information content (AvgIpc) is 1.99. The van der Waals surface area contributed by atoms with Crippen LogP contribution < -0.4 is 11.1 Å². The zero-order valence-electron chi connectivity index (χ0n) is 7.56. The molecule has 0 aliphatic rings. The van der Waals surface area contributed by atoms with E-state index in [1.807, 2.05) is 0 Å². The van der Waals surface area contributed by atoms with Crippen LogP contribution in [0.1, 0.15) is 20.3 Å². The molecule has 0 spiro atoms. The molecule has 3 nitrogen and oxygen atoms in total. The molecule has 0 aliphatic carbocycles. The van der Waals surface area contributed by atoms with Gasteiger partial charge in [0.2, 0.25) is 0 Å². The maximum Gasteiger partial charge on any atom is 0.0443 e. The van der Waals surface area contributed by atoms with E-state index in [2.05, 4.69) is 19.2 Å². The van der Waals surface area contributed by atoms with Gasteiger partial charge in [0.25, 0.3) is 0 Å². The van der Waals surface area contributed by atoms with Gasteiger partial charge in [-0.3, -0.25) is 0 Å². The van der Waals surface area contributed by atoms with Gasteiger partial charge in [0.15, 0.2) is 0 Å². The number of aliphatic hydroxyl groups excluding tert-OH is 1. The lowest BCUT2D eigenvalue weighted by atomic mass is 9.94. The lowest BCUT2D eigenvalue weighted by molar-refractivity contribution is 0.278. The van der Waals surface area contributed by atoms with Gasteiger partial charge in [0, 0.05) is 13.2 Å². The summed E-state index contributed by atoms with van der Waals surface area (Å²) in [5.41, 5.74) is 5.71. The van der Waals surface area contributed by atoms with Crippen LogP contribution >= 0.6 is 0 Å². The predicted octanol–water partition coefficient (Wildman–Crippen LogP) is -0.0567. The van der Waals surface area contributed by atoms with Crippen LogP contribution in [0.15, 0.2) is 0 Å². The third-order valence-corrected chi connectivity index (χ3v) is 1.67. The quantitative estimate of drug-likeness (QED) is 0.477. The number of aliphatic hydroxyl groups is 1. The first-order chi connectivity index (χ1) is 5.12. The van der Waals surface area contributed by atoms with Crippen molar-refractivity contribution < 1.29 is 5.11 Å². The van der Waals surface area contributed by atoms with Crippen LogP contribution in [0.4, 0.5) is 0 Å². The first-order valence-corrected chi connectivity index (χ1v) is 4.14. The number of nitrogens with two attached hydrogens (primary N) is 1. The Labute approximate surface area is 69.0 Å². The largest absolute Gasteiger partial charge is 0.396 e. The van der Waals surface area contributed by atoms with Gasteiger partial charge in [-0.05, 0) is 24.9 Å². The molecule has 0 aliphatic heterocycles. The summed E-state index contributed by atoms with van der Waals surface area (Å²) < 4.78 is 0. The van der Waals surface area contributed by atoms with E-state index in [1.54, 1.807) is 0 Å². The average molecular weight is 160 g/mol. The van der Waals surface area contributed by atoms with Gasteiger partial charge in [0.05, 0.1) is 0 Å². The van der Waals surface area contributed by atoms with Crippen molar-refractivity contribution in [2.24, 2.45) is 11.1 Å². The second kappa shape index (κ2) is 5.52.